The molecule has 2 aromatic heterocycles. The number of thiophene rings is 1. The van der Waals surface area contributed by atoms with E-state index in [4.69, 9.17) is 22.6 Å². The number of rotatable bonds is 5. The van der Waals surface area contributed by atoms with Gasteiger partial charge in [0.15, 0.2) is 0 Å². The van der Waals surface area contributed by atoms with Crippen LogP contribution in [0.1, 0.15) is 50.4 Å². The predicted molar refractivity (Wildman–Crippen MR) is 114 cm³/mol. The molecule has 0 bridgehead atoms. The van der Waals surface area contributed by atoms with Crippen LogP contribution >= 0.6 is 22.9 Å². The van der Waals surface area contributed by atoms with Crippen LogP contribution in [0.4, 0.5) is 4.39 Å². The Morgan fingerprint density at radius 3 is 2.84 bits per heavy atom. The summed E-state index contributed by atoms with van der Waals surface area (Å²) in [7, 11) is 0. The van der Waals surface area contributed by atoms with Crippen molar-refractivity contribution in [2.24, 2.45) is 5.73 Å². The van der Waals surface area contributed by atoms with Gasteiger partial charge in [-0.15, -0.1) is 11.3 Å². The summed E-state index contributed by atoms with van der Waals surface area (Å²) in [6.45, 7) is 0. The van der Waals surface area contributed by atoms with E-state index in [1.165, 1.54) is 23.2 Å². The number of hydrogen-bond acceptors (Lipinski definition) is 5. The second kappa shape index (κ2) is 8.46. The fourth-order valence-corrected chi connectivity index (χ4v) is 4.97. The van der Waals surface area contributed by atoms with Gasteiger partial charge in [-0.2, -0.15) is 5.26 Å². The second-order valence-corrected chi connectivity index (χ2v) is 8.47. The van der Waals surface area contributed by atoms with E-state index in [1.54, 1.807) is 29.8 Å². The maximum atomic E-state index is 14.5. The smallest absolute Gasteiger partial charge is 0.265 e. The summed E-state index contributed by atoms with van der Waals surface area (Å²) in [4.78, 5) is 31.9. The third kappa shape index (κ3) is 3.90. The molecule has 1 unspecified atom stereocenters. The fraction of sp³-hybridized carbons (Fsp3) is 0.182. The molecular formula is C22H16ClFN4O2S. The Bertz CT molecular complexity index is 1210. The number of nitriles is 1. The number of nitrogens with two attached hydrogens (primary N) is 1. The molecule has 0 radical (unpaired) electrons. The molecule has 0 fully saturated rings. The molecule has 2 N–H and O–H groups in total. The zero-order chi connectivity index (χ0) is 22.1. The first-order chi connectivity index (χ1) is 14.9. The third-order valence-corrected chi connectivity index (χ3v) is 6.42. The number of hydrogen-bond donors (Lipinski definition) is 1. The lowest BCUT2D eigenvalue weighted by molar-refractivity contribution is -0.123. The van der Waals surface area contributed by atoms with Crippen molar-refractivity contribution in [3.8, 4) is 6.07 Å². The van der Waals surface area contributed by atoms with Crippen molar-refractivity contribution in [2.75, 3.05) is 0 Å². The van der Waals surface area contributed by atoms with E-state index in [1.807, 2.05) is 6.07 Å². The Morgan fingerprint density at radius 2 is 2.19 bits per heavy atom. The summed E-state index contributed by atoms with van der Waals surface area (Å²) in [5.41, 5.74) is 7.54. The molecule has 0 saturated heterocycles. The van der Waals surface area contributed by atoms with Gasteiger partial charge in [-0.1, -0.05) is 17.7 Å². The van der Waals surface area contributed by atoms with Crippen LogP contribution in [-0.2, 0) is 11.2 Å². The summed E-state index contributed by atoms with van der Waals surface area (Å²) in [6.07, 6.45) is 3.81. The highest BCUT2D eigenvalue weighted by atomic mass is 35.5. The highest BCUT2D eigenvalue weighted by Crippen LogP contribution is 2.43. The molecule has 4 rings (SSSR count). The molecule has 9 heteroatoms. The SMILES string of the molecule is N#Cc1csc(C(=O)N(C(C(N)=O)c2cccnc2)[C@@H]2CCc3c(F)cc(Cl)cc32)c1. The van der Waals surface area contributed by atoms with E-state index < -0.39 is 29.7 Å². The number of carbonyl (C=O) groups excluding carboxylic acids is 2. The highest BCUT2D eigenvalue weighted by Gasteiger charge is 2.40. The van der Waals surface area contributed by atoms with Crippen LogP contribution in [0.3, 0.4) is 0 Å². The number of halogens is 2. The molecule has 3 aromatic rings. The number of pyridine rings is 1. The Kier molecular flexibility index (Phi) is 5.72. The zero-order valence-corrected chi connectivity index (χ0v) is 17.7. The highest BCUT2D eigenvalue weighted by molar-refractivity contribution is 7.12. The number of amides is 2. The van der Waals surface area contributed by atoms with Gasteiger partial charge in [0.1, 0.15) is 17.9 Å². The molecule has 0 spiro atoms. The van der Waals surface area contributed by atoms with Gasteiger partial charge < -0.3 is 10.6 Å². The number of benzene rings is 1. The molecule has 1 aliphatic carbocycles. The Hall–Kier alpha value is -3.28. The topological polar surface area (TPSA) is 100 Å². The van der Waals surface area contributed by atoms with Crippen molar-refractivity contribution in [1.29, 1.82) is 5.26 Å². The molecule has 1 aromatic carbocycles. The molecule has 0 saturated carbocycles. The molecule has 31 heavy (non-hydrogen) atoms. The lowest BCUT2D eigenvalue weighted by Crippen LogP contribution is -2.43. The molecule has 1 aliphatic rings. The molecule has 6 nitrogen and oxygen atoms in total. The molecule has 2 amide bonds. The molecule has 2 atom stereocenters. The Labute approximate surface area is 186 Å². The van der Waals surface area contributed by atoms with Crippen LogP contribution in [-0.4, -0.2) is 21.7 Å². The average Bonchev–Trinajstić information content (AvgIpc) is 3.39. The van der Waals surface area contributed by atoms with Crippen LogP contribution in [0.2, 0.25) is 5.02 Å². The van der Waals surface area contributed by atoms with Crippen molar-refractivity contribution in [1.82, 2.24) is 9.88 Å². The van der Waals surface area contributed by atoms with Crippen molar-refractivity contribution >= 4 is 34.8 Å². The first-order valence-corrected chi connectivity index (χ1v) is 10.6. The normalized spacial score (nSPS) is 15.7. The van der Waals surface area contributed by atoms with Gasteiger partial charge in [0, 0.05) is 28.4 Å². The van der Waals surface area contributed by atoms with E-state index in [0.29, 0.717) is 35.1 Å². The largest absolute Gasteiger partial charge is 0.368 e. The first kappa shape index (κ1) is 21.0. The molecule has 2 heterocycles. The van der Waals surface area contributed by atoms with Crippen LogP contribution in [0.5, 0.6) is 0 Å². The first-order valence-electron chi connectivity index (χ1n) is 9.39. The summed E-state index contributed by atoms with van der Waals surface area (Å²) < 4.78 is 14.5. The van der Waals surface area contributed by atoms with Crippen molar-refractivity contribution in [2.45, 2.75) is 24.9 Å². The maximum Gasteiger partial charge on any atom is 0.265 e. The fourth-order valence-electron chi connectivity index (χ4n) is 3.98. The van der Waals surface area contributed by atoms with Crippen molar-refractivity contribution in [3.63, 3.8) is 0 Å². The third-order valence-electron chi connectivity index (χ3n) is 5.28. The van der Waals surface area contributed by atoms with Crippen LogP contribution in [0.15, 0.2) is 48.1 Å². The Balaban J connectivity index is 1.87. The minimum Gasteiger partial charge on any atom is -0.368 e. The average molecular weight is 455 g/mol. The van der Waals surface area contributed by atoms with Gasteiger partial charge in [0.2, 0.25) is 5.91 Å². The number of aromatic nitrogens is 1. The van der Waals surface area contributed by atoms with Gasteiger partial charge >= 0.3 is 0 Å². The lowest BCUT2D eigenvalue weighted by Gasteiger charge is -2.35. The summed E-state index contributed by atoms with van der Waals surface area (Å²) in [5.74, 6) is -1.66. The quantitative estimate of drug-likeness (QED) is 0.625. The van der Waals surface area contributed by atoms with Gasteiger partial charge in [-0.05, 0) is 48.2 Å². The second-order valence-electron chi connectivity index (χ2n) is 7.12. The van der Waals surface area contributed by atoms with Gasteiger partial charge in [0.05, 0.1) is 16.5 Å². The molecule has 0 aliphatic heterocycles. The summed E-state index contributed by atoms with van der Waals surface area (Å²) in [6, 6.07) is 7.87. The monoisotopic (exact) mass is 454 g/mol. The minimum absolute atomic E-state index is 0.204. The van der Waals surface area contributed by atoms with E-state index >= 15 is 0 Å². The number of carbonyl (C=O) groups is 2. The van der Waals surface area contributed by atoms with Crippen LogP contribution in [0, 0.1) is 17.1 Å². The van der Waals surface area contributed by atoms with E-state index in [0.717, 1.165) is 11.3 Å². The standard InChI is InChI=1S/C22H16ClFN4O2S/c23-14-7-16-15(17(24)8-14)3-4-18(16)28(22(30)19-6-12(9-25)11-31-19)20(21(26)29)13-2-1-5-27-10-13/h1-2,5-8,10-11,18,20H,3-4H2,(H2,26,29)/t18-,20?/m1/s1. The maximum absolute atomic E-state index is 14.5. The number of primary amides is 1. The van der Waals surface area contributed by atoms with Crippen molar-refractivity contribution < 1.29 is 14.0 Å². The van der Waals surface area contributed by atoms with E-state index in [9.17, 15) is 14.0 Å². The number of nitrogens with zero attached hydrogens (tertiary/aromatic N) is 3. The van der Waals surface area contributed by atoms with E-state index in [2.05, 4.69) is 4.98 Å². The van der Waals surface area contributed by atoms with Gasteiger partial charge in [-0.3, -0.25) is 14.6 Å². The van der Waals surface area contributed by atoms with Crippen molar-refractivity contribution in [3.05, 3.63) is 86.1 Å². The minimum atomic E-state index is -1.13. The summed E-state index contributed by atoms with van der Waals surface area (Å²) in [5, 5.41) is 10.9. The Morgan fingerprint density at radius 1 is 1.39 bits per heavy atom. The summed E-state index contributed by atoms with van der Waals surface area (Å²) >= 11 is 7.20. The van der Waals surface area contributed by atoms with E-state index in [-0.39, 0.29) is 9.90 Å². The van der Waals surface area contributed by atoms with Crippen LogP contribution in [0.25, 0.3) is 0 Å². The molecular weight excluding hydrogens is 439 g/mol. The molecule has 156 valence electrons. The predicted octanol–water partition coefficient (Wildman–Crippen LogP) is 4.16. The van der Waals surface area contributed by atoms with Gasteiger partial charge in [0.25, 0.3) is 5.91 Å². The van der Waals surface area contributed by atoms with Gasteiger partial charge in [-0.25, -0.2) is 4.39 Å². The zero-order valence-electron chi connectivity index (χ0n) is 16.1. The number of fused-ring (bicyclic) bond motifs is 1. The lowest BCUT2D eigenvalue weighted by atomic mass is 10.00. The van der Waals surface area contributed by atoms with Crippen LogP contribution < -0.4 is 5.73 Å².